The second-order valence-corrected chi connectivity index (χ2v) is 3.89. The molecule has 0 saturated carbocycles. The first-order chi connectivity index (χ1) is 7.18. The maximum absolute atomic E-state index is 10.6. The Hall–Kier alpha value is -0.370. The fraction of sp³-hybridized carbons (Fsp3) is 0.923. The number of carbonyl (C=O) groups excluding carboxylic acids is 1. The van der Waals surface area contributed by atoms with Crippen LogP contribution in [0.15, 0.2) is 0 Å². The molecule has 0 spiro atoms. The van der Waals surface area contributed by atoms with E-state index in [4.69, 9.17) is 5.11 Å². The SMILES string of the molecule is CCCCCCCCCC(C)=O.CCO. The molecule has 0 aliphatic heterocycles. The Morgan fingerprint density at radius 3 is 1.73 bits per heavy atom. The van der Waals surface area contributed by atoms with Crippen molar-refractivity contribution in [3.63, 3.8) is 0 Å². The van der Waals surface area contributed by atoms with Gasteiger partial charge in [0.1, 0.15) is 5.78 Å². The number of ketones is 1. The Morgan fingerprint density at radius 1 is 0.933 bits per heavy atom. The molecular weight excluding hydrogens is 188 g/mol. The molecule has 0 atom stereocenters. The van der Waals surface area contributed by atoms with Gasteiger partial charge < -0.3 is 9.90 Å². The van der Waals surface area contributed by atoms with Crippen molar-refractivity contribution in [3.05, 3.63) is 0 Å². The number of carbonyl (C=O) groups is 1. The summed E-state index contributed by atoms with van der Waals surface area (Å²) in [5.41, 5.74) is 0. The molecule has 15 heavy (non-hydrogen) atoms. The summed E-state index contributed by atoms with van der Waals surface area (Å²) in [5, 5.41) is 7.57. The largest absolute Gasteiger partial charge is 0.397 e. The van der Waals surface area contributed by atoms with E-state index in [-0.39, 0.29) is 6.61 Å². The molecule has 2 heteroatoms. The van der Waals surface area contributed by atoms with Crippen molar-refractivity contribution in [2.75, 3.05) is 6.61 Å². The minimum atomic E-state index is 0.250. The molecule has 0 rings (SSSR count). The van der Waals surface area contributed by atoms with Crippen LogP contribution in [-0.2, 0) is 4.79 Å². The molecule has 0 amide bonds. The summed E-state index contributed by atoms with van der Waals surface area (Å²) in [6.07, 6.45) is 9.84. The lowest BCUT2D eigenvalue weighted by atomic mass is 10.1. The van der Waals surface area contributed by atoms with Gasteiger partial charge in [-0.2, -0.15) is 0 Å². The van der Waals surface area contributed by atoms with E-state index in [0.29, 0.717) is 5.78 Å². The number of aliphatic hydroxyl groups is 1. The highest BCUT2D eigenvalue weighted by Gasteiger charge is 1.93. The normalized spacial score (nSPS) is 9.33. The summed E-state index contributed by atoms with van der Waals surface area (Å²) >= 11 is 0. The first-order valence-corrected chi connectivity index (χ1v) is 6.29. The number of rotatable bonds is 8. The summed E-state index contributed by atoms with van der Waals surface area (Å²) in [5.74, 6) is 0.337. The minimum Gasteiger partial charge on any atom is -0.397 e. The van der Waals surface area contributed by atoms with Crippen LogP contribution in [0.1, 0.15) is 72.1 Å². The van der Waals surface area contributed by atoms with Crippen LogP contribution in [0, 0.1) is 0 Å². The lowest BCUT2D eigenvalue weighted by Gasteiger charge is -1.98. The van der Waals surface area contributed by atoms with Crippen LogP contribution in [0.25, 0.3) is 0 Å². The summed E-state index contributed by atoms with van der Waals surface area (Å²) in [7, 11) is 0. The minimum absolute atomic E-state index is 0.250. The molecule has 0 bridgehead atoms. The third-order valence-corrected chi connectivity index (χ3v) is 2.13. The van der Waals surface area contributed by atoms with E-state index in [9.17, 15) is 4.79 Å². The highest BCUT2D eigenvalue weighted by atomic mass is 16.2. The molecule has 92 valence electrons. The maximum Gasteiger partial charge on any atom is 0.129 e. The van der Waals surface area contributed by atoms with Gasteiger partial charge in [-0.05, 0) is 20.3 Å². The van der Waals surface area contributed by atoms with Gasteiger partial charge in [-0.3, -0.25) is 0 Å². The first-order valence-electron chi connectivity index (χ1n) is 6.29. The van der Waals surface area contributed by atoms with Crippen LogP contribution >= 0.6 is 0 Å². The fourth-order valence-corrected chi connectivity index (χ4v) is 1.33. The van der Waals surface area contributed by atoms with E-state index in [1.54, 1.807) is 13.8 Å². The van der Waals surface area contributed by atoms with Gasteiger partial charge in [-0.25, -0.2) is 0 Å². The Kier molecular flexibility index (Phi) is 18.3. The molecule has 0 aliphatic rings. The van der Waals surface area contributed by atoms with Gasteiger partial charge in [0.25, 0.3) is 0 Å². The van der Waals surface area contributed by atoms with Gasteiger partial charge in [0.2, 0.25) is 0 Å². The molecule has 0 aromatic carbocycles. The average Bonchev–Trinajstić information content (AvgIpc) is 2.17. The van der Waals surface area contributed by atoms with Crippen LogP contribution in [0.2, 0.25) is 0 Å². The van der Waals surface area contributed by atoms with Gasteiger partial charge in [0.15, 0.2) is 0 Å². The number of aliphatic hydroxyl groups excluding tert-OH is 1. The third-order valence-electron chi connectivity index (χ3n) is 2.13. The van der Waals surface area contributed by atoms with Gasteiger partial charge >= 0.3 is 0 Å². The van der Waals surface area contributed by atoms with Crippen molar-refractivity contribution in [1.29, 1.82) is 0 Å². The van der Waals surface area contributed by atoms with Crippen molar-refractivity contribution in [1.82, 2.24) is 0 Å². The maximum atomic E-state index is 10.6. The van der Waals surface area contributed by atoms with Crippen molar-refractivity contribution in [2.45, 2.75) is 72.1 Å². The standard InChI is InChI=1S/C11H22O.C2H6O/c1-3-4-5-6-7-8-9-10-11(2)12;1-2-3/h3-10H2,1-2H3;3H,2H2,1H3. The van der Waals surface area contributed by atoms with E-state index >= 15 is 0 Å². The lowest BCUT2D eigenvalue weighted by Crippen LogP contribution is -1.89. The quantitative estimate of drug-likeness (QED) is 0.628. The highest BCUT2D eigenvalue weighted by molar-refractivity contribution is 5.75. The number of hydrogen-bond donors (Lipinski definition) is 1. The van der Waals surface area contributed by atoms with Gasteiger partial charge in [-0.15, -0.1) is 0 Å². The van der Waals surface area contributed by atoms with E-state index in [1.165, 1.54) is 38.5 Å². The lowest BCUT2D eigenvalue weighted by molar-refractivity contribution is -0.117. The van der Waals surface area contributed by atoms with Crippen LogP contribution < -0.4 is 0 Å². The zero-order valence-electron chi connectivity index (χ0n) is 10.7. The number of hydrogen-bond acceptors (Lipinski definition) is 2. The Morgan fingerprint density at radius 2 is 1.33 bits per heavy atom. The van der Waals surface area contributed by atoms with E-state index in [1.807, 2.05) is 0 Å². The van der Waals surface area contributed by atoms with Crippen LogP contribution in [0.4, 0.5) is 0 Å². The molecule has 0 fully saturated rings. The molecule has 0 heterocycles. The zero-order valence-corrected chi connectivity index (χ0v) is 10.7. The van der Waals surface area contributed by atoms with Crippen LogP contribution in [-0.4, -0.2) is 17.5 Å². The summed E-state index contributed by atoms with van der Waals surface area (Å²) in [6.45, 7) is 5.84. The van der Waals surface area contributed by atoms with Gasteiger partial charge in [0, 0.05) is 13.0 Å². The Balaban J connectivity index is 0. The van der Waals surface area contributed by atoms with Crippen LogP contribution in [0.5, 0.6) is 0 Å². The van der Waals surface area contributed by atoms with Crippen molar-refractivity contribution in [2.24, 2.45) is 0 Å². The number of unbranched alkanes of at least 4 members (excludes halogenated alkanes) is 6. The average molecular weight is 216 g/mol. The predicted molar refractivity (Wildman–Crippen MR) is 66.1 cm³/mol. The summed E-state index contributed by atoms with van der Waals surface area (Å²) < 4.78 is 0. The topological polar surface area (TPSA) is 37.3 Å². The molecule has 0 aromatic heterocycles. The molecule has 0 aliphatic carbocycles. The molecule has 0 saturated heterocycles. The van der Waals surface area contributed by atoms with E-state index in [2.05, 4.69) is 6.92 Å². The third kappa shape index (κ3) is 24.8. The second kappa shape index (κ2) is 16.1. The Bertz CT molecular complexity index is 122. The monoisotopic (exact) mass is 216 g/mol. The van der Waals surface area contributed by atoms with Gasteiger partial charge in [-0.1, -0.05) is 45.4 Å². The first kappa shape index (κ1) is 17.0. The highest BCUT2D eigenvalue weighted by Crippen LogP contribution is 2.08. The van der Waals surface area contributed by atoms with Crippen molar-refractivity contribution >= 4 is 5.78 Å². The van der Waals surface area contributed by atoms with Crippen molar-refractivity contribution < 1.29 is 9.90 Å². The molecule has 0 unspecified atom stereocenters. The fourth-order valence-electron chi connectivity index (χ4n) is 1.33. The van der Waals surface area contributed by atoms with E-state index < -0.39 is 0 Å². The second-order valence-electron chi connectivity index (χ2n) is 3.89. The smallest absolute Gasteiger partial charge is 0.129 e. The van der Waals surface area contributed by atoms with Crippen molar-refractivity contribution in [3.8, 4) is 0 Å². The molecule has 0 aromatic rings. The molecular formula is C13H28O2. The Labute approximate surface area is 95.1 Å². The summed E-state index contributed by atoms with van der Waals surface area (Å²) in [4.78, 5) is 10.6. The van der Waals surface area contributed by atoms with Gasteiger partial charge in [0.05, 0.1) is 0 Å². The zero-order chi connectivity index (χ0) is 11.9. The summed E-state index contributed by atoms with van der Waals surface area (Å²) in [6, 6.07) is 0. The van der Waals surface area contributed by atoms with Crippen LogP contribution in [0.3, 0.4) is 0 Å². The predicted octanol–water partition coefficient (Wildman–Crippen LogP) is 3.71. The molecule has 0 radical (unpaired) electrons. The molecule has 1 N–H and O–H groups in total. The van der Waals surface area contributed by atoms with E-state index in [0.717, 1.165) is 12.8 Å². The number of Topliss-reactive ketones (excluding diaryl/α,β-unsaturated/α-hetero) is 1. The molecule has 2 nitrogen and oxygen atoms in total.